The van der Waals surface area contributed by atoms with Crippen LogP contribution in [0.5, 0.6) is 0 Å². The minimum absolute atomic E-state index is 0.476. The van der Waals surface area contributed by atoms with Crippen molar-refractivity contribution in [1.82, 2.24) is 9.97 Å². The largest absolute Gasteiger partial charge is 0.384 e. The van der Waals surface area contributed by atoms with Crippen LogP contribution in [-0.2, 0) is 0 Å². The molecule has 1 heterocycles. The fourth-order valence-electron chi connectivity index (χ4n) is 1.51. The lowest BCUT2D eigenvalue weighted by atomic mass is 10.2. The molecule has 0 radical (unpaired) electrons. The first-order valence-electron chi connectivity index (χ1n) is 5.05. The van der Waals surface area contributed by atoms with E-state index < -0.39 is 0 Å². The molecule has 0 aliphatic carbocycles. The quantitative estimate of drug-likeness (QED) is 0.832. The van der Waals surface area contributed by atoms with Crippen molar-refractivity contribution >= 4 is 17.3 Å². The summed E-state index contributed by atoms with van der Waals surface area (Å²) in [6, 6.07) is 9.96. The zero-order valence-corrected chi connectivity index (χ0v) is 9.38. The van der Waals surface area contributed by atoms with Gasteiger partial charge in [0.25, 0.3) is 0 Å². The first-order chi connectivity index (χ1) is 7.66. The summed E-state index contributed by atoms with van der Waals surface area (Å²) in [5, 5.41) is 0. The van der Waals surface area contributed by atoms with E-state index >= 15 is 0 Å². The lowest BCUT2D eigenvalue weighted by molar-refractivity contribution is 1.08. The smallest absolute Gasteiger partial charge is 0.138 e. The number of nitrogens with zero attached hydrogens (tertiary/aromatic N) is 3. The van der Waals surface area contributed by atoms with Crippen LogP contribution in [0.1, 0.15) is 5.56 Å². The highest BCUT2D eigenvalue weighted by molar-refractivity contribution is 5.61. The Morgan fingerprint density at radius 1 is 1.19 bits per heavy atom. The van der Waals surface area contributed by atoms with Gasteiger partial charge in [0.1, 0.15) is 18.0 Å². The maximum Gasteiger partial charge on any atom is 0.138 e. The highest BCUT2D eigenvalue weighted by atomic mass is 15.2. The van der Waals surface area contributed by atoms with E-state index in [1.807, 2.05) is 24.1 Å². The molecular weight excluding hydrogens is 200 g/mol. The van der Waals surface area contributed by atoms with Gasteiger partial charge in [-0.15, -0.1) is 0 Å². The van der Waals surface area contributed by atoms with Crippen molar-refractivity contribution in [2.75, 3.05) is 17.7 Å². The van der Waals surface area contributed by atoms with Crippen LogP contribution in [0.15, 0.2) is 36.7 Å². The van der Waals surface area contributed by atoms with Crippen LogP contribution in [-0.4, -0.2) is 17.0 Å². The molecule has 4 heteroatoms. The van der Waals surface area contributed by atoms with Crippen LogP contribution in [0.3, 0.4) is 0 Å². The third-order valence-corrected chi connectivity index (χ3v) is 2.41. The third-order valence-electron chi connectivity index (χ3n) is 2.41. The fraction of sp³-hybridized carbons (Fsp3) is 0.167. The van der Waals surface area contributed by atoms with Crippen molar-refractivity contribution in [2.24, 2.45) is 0 Å². The molecule has 0 aliphatic rings. The highest BCUT2D eigenvalue weighted by Crippen LogP contribution is 2.22. The van der Waals surface area contributed by atoms with Crippen molar-refractivity contribution in [3.05, 3.63) is 42.2 Å². The Bertz CT molecular complexity index is 450. The zero-order valence-electron chi connectivity index (χ0n) is 9.38. The van der Waals surface area contributed by atoms with Gasteiger partial charge in [0.15, 0.2) is 0 Å². The SMILES string of the molecule is Cc1cccc(N(C)c2cc(N)ncn2)c1. The Morgan fingerprint density at radius 3 is 2.69 bits per heavy atom. The molecule has 1 aromatic heterocycles. The maximum atomic E-state index is 5.63. The number of benzene rings is 1. The number of nitrogen functional groups attached to an aromatic ring is 1. The van der Waals surface area contributed by atoms with Crippen LogP contribution in [0, 0.1) is 6.92 Å². The fourth-order valence-corrected chi connectivity index (χ4v) is 1.51. The van der Waals surface area contributed by atoms with Crippen molar-refractivity contribution < 1.29 is 0 Å². The van der Waals surface area contributed by atoms with E-state index in [-0.39, 0.29) is 0 Å². The Morgan fingerprint density at radius 2 is 2.00 bits per heavy atom. The Hall–Kier alpha value is -2.10. The minimum Gasteiger partial charge on any atom is -0.384 e. The summed E-state index contributed by atoms with van der Waals surface area (Å²) in [6.07, 6.45) is 1.47. The standard InChI is InChI=1S/C12H14N4/c1-9-4-3-5-10(6-9)16(2)12-7-11(13)14-8-15-12/h3-8H,1-2H3,(H2,13,14,15). The van der Waals surface area contributed by atoms with E-state index in [1.165, 1.54) is 11.9 Å². The molecule has 0 bridgehead atoms. The van der Waals surface area contributed by atoms with Crippen molar-refractivity contribution in [2.45, 2.75) is 6.92 Å². The average molecular weight is 214 g/mol. The minimum atomic E-state index is 0.476. The van der Waals surface area contributed by atoms with Crippen molar-refractivity contribution in [3.63, 3.8) is 0 Å². The molecule has 0 unspecified atom stereocenters. The van der Waals surface area contributed by atoms with E-state index in [4.69, 9.17) is 5.73 Å². The molecule has 2 rings (SSSR count). The van der Waals surface area contributed by atoms with Crippen LogP contribution >= 0.6 is 0 Å². The third kappa shape index (κ3) is 2.11. The van der Waals surface area contributed by atoms with E-state index in [2.05, 4.69) is 29.0 Å². The maximum absolute atomic E-state index is 5.63. The van der Waals surface area contributed by atoms with E-state index in [9.17, 15) is 0 Å². The molecule has 1 aromatic carbocycles. The molecule has 0 spiro atoms. The molecule has 0 saturated heterocycles. The number of anilines is 3. The van der Waals surface area contributed by atoms with Gasteiger partial charge in [0, 0.05) is 18.8 Å². The summed E-state index contributed by atoms with van der Waals surface area (Å²) in [5.41, 5.74) is 7.92. The highest BCUT2D eigenvalue weighted by Gasteiger charge is 2.05. The molecule has 2 N–H and O–H groups in total. The Labute approximate surface area is 94.8 Å². The zero-order chi connectivity index (χ0) is 11.5. The summed E-state index contributed by atoms with van der Waals surface area (Å²) in [4.78, 5) is 10.0. The number of hydrogen-bond acceptors (Lipinski definition) is 4. The van der Waals surface area contributed by atoms with E-state index in [0.29, 0.717) is 5.82 Å². The Kier molecular flexibility index (Phi) is 2.72. The van der Waals surface area contributed by atoms with Gasteiger partial charge < -0.3 is 10.6 Å². The average Bonchev–Trinajstić information content (AvgIpc) is 2.28. The second kappa shape index (κ2) is 4.18. The summed E-state index contributed by atoms with van der Waals surface area (Å²) in [5.74, 6) is 1.27. The van der Waals surface area contributed by atoms with Crippen LogP contribution in [0.25, 0.3) is 0 Å². The molecular formula is C12H14N4. The molecule has 4 nitrogen and oxygen atoms in total. The lowest BCUT2D eigenvalue weighted by Gasteiger charge is -2.18. The molecule has 0 fully saturated rings. The van der Waals surface area contributed by atoms with E-state index in [0.717, 1.165) is 11.5 Å². The van der Waals surface area contributed by atoms with Gasteiger partial charge in [-0.05, 0) is 24.6 Å². The van der Waals surface area contributed by atoms with E-state index in [1.54, 1.807) is 6.07 Å². The number of hydrogen-bond donors (Lipinski definition) is 1. The van der Waals surface area contributed by atoms with Crippen LogP contribution in [0.2, 0.25) is 0 Å². The molecule has 2 aromatic rings. The number of rotatable bonds is 2. The molecule has 0 aliphatic heterocycles. The first-order valence-corrected chi connectivity index (χ1v) is 5.05. The predicted molar refractivity (Wildman–Crippen MR) is 65.7 cm³/mol. The molecule has 0 atom stereocenters. The second-order valence-electron chi connectivity index (χ2n) is 3.70. The summed E-state index contributed by atoms with van der Waals surface area (Å²) >= 11 is 0. The van der Waals surface area contributed by atoms with Gasteiger partial charge in [-0.25, -0.2) is 9.97 Å². The normalized spacial score (nSPS) is 10.1. The van der Waals surface area contributed by atoms with Gasteiger partial charge in [-0.2, -0.15) is 0 Å². The predicted octanol–water partition coefficient (Wildman–Crippen LogP) is 2.14. The number of aromatic nitrogens is 2. The molecule has 16 heavy (non-hydrogen) atoms. The monoisotopic (exact) mass is 214 g/mol. The Balaban J connectivity index is 2.35. The number of nitrogens with two attached hydrogens (primary N) is 1. The van der Waals surface area contributed by atoms with Gasteiger partial charge in [-0.3, -0.25) is 0 Å². The van der Waals surface area contributed by atoms with Gasteiger partial charge in [-0.1, -0.05) is 12.1 Å². The summed E-state index contributed by atoms with van der Waals surface area (Å²) < 4.78 is 0. The molecule has 82 valence electrons. The topological polar surface area (TPSA) is 55.0 Å². The summed E-state index contributed by atoms with van der Waals surface area (Å²) in [7, 11) is 1.95. The van der Waals surface area contributed by atoms with Gasteiger partial charge in [0.05, 0.1) is 0 Å². The molecule has 0 amide bonds. The first kappa shape index (κ1) is 10.4. The molecule has 0 saturated carbocycles. The summed E-state index contributed by atoms with van der Waals surface area (Å²) in [6.45, 7) is 2.06. The van der Waals surface area contributed by atoms with Gasteiger partial charge >= 0.3 is 0 Å². The van der Waals surface area contributed by atoms with Crippen LogP contribution in [0.4, 0.5) is 17.3 Å². The number of aryl methyl sites for hydroxylation is 1. The lowest BCUT2D eigenvalue weighted by Crippen LogP contribution is -2.11. The van der Waals surface area contributed by atoms with Crippen molar-refractivity contribution in [1.29, 1.82) is 0 Å². The van der Waals surface area contributed by atoms with Crippen LogP contribution < -0.4 is 10.6 Å². The second-order valence-corrected chi connectivity index (χ2v) is 3.70. The van der Waals surface area contributed by atoms with Crippen molar-refractivity contribution in [3.8, 4) is 0 Å². The van der Waals surface area contributed by atoms with Gasteiger partial charge in [0.2, 0.25) is 0 Å².